The summed E-state index contributed by atoms with van der Waals surface area (Å²) in [5, 5.41) is 0. The zero-order chi connectivity index (χ0) is 14.7. The van der Waals surface area contributed by atoms with Crippen LogP contribution in [0.4, 0.5) is 0 Å². The first-order chi connectivity index (χ1) is 10.2. The highest BCUT2D eigenvalue weighted by atomic mass is 16.5. The number of carbonyl (C=O) groups is 1. The Morgan fingerprint density at radius 2 is 1.90 bits per heavy atom. The Morgan fingerprint density at radius 1 is 1.24 bits per heavy atom. The van der Waals surface area contributed by atoms with Crippen molar-refractivity contribution < 1.29 is 14.3 Å². The average molecular weight is 295 g/mol. The van der Waals surface area contributed by atoms with Crippen LogP contribution in [0.25, 0.3) is 0 Å². The fourth-order valence-corrected chi connectivity index (χ4v) is 3.55. The molecule has 1 spiro atoms. The van der Waals surface area contributed by atoms with Crippen LogP contribution in [0.5, 0.6) is 0 Å². The van der Waals surface area contributed by atoms with E-state index in [1.807, 2.05) is 6.92 Å². The molecule has 1 unspecified atom stereocenters. The van der Waals surface area contributed by atoms with Crippen LogP contribution >= 0.6 is 0 Å². The highest BCUT2D eigenvalue weighted by molar-refractivity contribution is 5.76. The molecule has 0 aromatic heterocycles. The first-order valence-corrected chi connectivity index (χ1v) is 8.64. The van der Waals surface area contributed by atoms with Crippen molar-refractivity contribution in [2.45, 2.75) is 58.0 Å². The Kier molecular flexibility index (Phi) is 4.85. The molecule has 2 heterocycles. The molecule has 2 aliphatic heterocycles. The summed E-state index contributed by atoms with van der Waals surface area (Å²) < 4.78 is 11.2. The number of carbonyl (C=O) groups excluding carboxylic acids is 1. The van der Waals surface area contributed by atoms with Crippen molar-refractivity contribution in [2.24, 2.45) is 11.3 Å². The lowest BCUT2D eigenvalue weighted by Gasteiger charge is -2.33. The molecule has 0 bridgehead atoms. The molecule has 0 aromatic carbocycles. The number of likely N-dealkylation sites (tertiary alicyclic amines) is 1. The van der Waals surface area contributed by atoms with Crippen LogP contribution in [0.3, 0.4) is 0 Å². The minimum Gasteiger partial charge on any atom is -0.381 e. The number of piperidine rings is 1. The quantitative estimate of drug-likeness (QED) is 0.782. The molecular formula is C17H29NO3. The van der Waals surface area contributed by atoms with Crippen LogP contribution < -0.4 is 0 Å². The molecule has 3 rings (SSSR count). The van der Waals surface area contributed by atoms with Gasteiger partial charge in [0.1, 0.15) is 0 Å². The smallest absolute Gasteiger partial charge is 0.225 e. The van der Waals surface area contributed by atoms with E-state index in [2.05, 4.69) is 4.90 Å². The third kappa shape index (κ3) is 4.19. The standard InChI is InChI=1S/C17H29NO3/c1-14(21-13-15-2-10-20-11-3-15)12-16(19)18-8-6-17(4-5-17)7-9-18/h14-15H,2-13H2,1H3. The van der Waals surface area contributed by atoms with Crippen molar-refractivity contribution in [1.82, 2.24) is 4.90 Å². The lowest BCUT2D eigenvalue weighted by Crippen LogP contribution is -2.40. The molecule has 0 aromatic rings. The second kappa shape index (κ2) is 6.66. The summed E-state index contributed by atoms with van der Waals surface area (Å²) in [4.78, 5) is 14.4. The topological polar surface area (TPSA) is 38.8 Å². The fourth-order valence-electron chi connectivity index (χ4n) is 3.55. The lowest BCUT2D eigenvalue weighted by molar-refractivity contribution is -0.136. The molecule has 4 heteroatoms. The van der Waals surface area contributed by atoms with Gasteiger partial charge in [0.05, 0.1) is 12.5 Å². The maximum Gasteiger partial charge on any atom is 0.225 e. The predicted molar refractivity (Wildman–Crippen MR) is 81.1 cm³/mol. The van der Waals surface area contributed by atoms with Gasteiger partial charge in [-0.25, -0.2) is 0 Å². The Morgan fingerprint density at radius 3 is 2.52 bits per heavy atom. The summed E-state index contributed by atoms with van der Waals surface area (Å²) in [6.45, 7) is 6.45. The molecule has 0 radical (unpaired) electrons. The molecule has 1 aliphatic carbocycles. The Labute approximate surface area is 128 Å². The van der Waals surface area contributed by atoms with Crippen molar-refractivity contribution in [3.8, 4) is 0 Å². The molecule has 3 aliphatic rings. The van der Waals surface area contributed by atoms with Gasteiger partial charge in [-0.05, 0) is 56.8 Å². The van der Waals surface area contributed by atoms with Crippen LogP contribution in [0.2, 0.25) is 0 Å². The molecule has 120 valence electrons. The van der Waals surface area contributed by atoms with Crippen molar-refractivity contribution in [3.05, 3.63) is 0 Å². The molecule has 0 N–H and O–H groups in total. The summed E-state index contributed by atoms with van der Waals surface area (Å²) in [7, 11) is 0. The third-order valence-electron chi connectivity index (χ3n) is 5.55. The third-order valence-corrected chi connectivity index (χ3v) is 5.55. The lowest BCUT2D eigenvalue weighted by atomic mass is 9.93. The van der Waals surface area contributed by atoms with Crippen LogP contribution in [0.15, 0.2) is 0 Å². The van der Waals surface area contributed by atoms with Crippen molar-refractivity contribution in [1.29, 1.82) is 0 Å². The van der Waals surface area contributed by atoms with Crippen molar-refractivity contribution in [2.75, 3.05) is 32.9 Å². The maximum atomic E-state index is 12.3. The van der Waals surface area contributed by atoms with Crippen LogP contribution in [0.1, 0.15) is 51.9 Å². The van der Waals surface area contributed by atoms with E-state index in [4.69, 9.17) is 9.47 Å². The fraction of sp³-hybridized carbons (Fsp3) is 0.941. The first-order valence-electron chi connectivity index (χ1n) is 8.64. The van der Waals surface area contributed by atoms with Crippen molar-refractivity contribution >= 4 is 5.91 Å². The monoisotopic (exact) mass is 295 g/mol. The van der Waals surface area contributed by atoms with Gasteiger partial charge in [-0.1, -0.05) is 0 Å². The Balaban J connectivity index is 1.33. The summed E-state index contributed by atoms with van der Waals surface area (Å²) in [6.07, 6.45) is 7.97. The van der Waals surface area contributed by atoms with Gasteiger partial charge in [0, 0.05) is 32.9 Å². The largest absolute Gasteiger partial charge is 0.381 e. The van der Waals surface area contributed by atoms with E-state index in [0.29, 0.717) is 17.8 Å². The van der Waals surface area contributed by atoms with E-state index in [1.54, 1.807) is 0 Å². The first kappa shape index (κ1) is 15.3. The summed E-state index contributed by atoms with van der Waals surface area (Å²) in [5.41, 5.74) is 0.641. The molecule has 1 amide bonds. The van der Waals surface area contributed by atoms with E-state index in [0.717, 1.165) is 45.8 Å². The number of amides is 1. The van der Waals surface area contributed by atoms with Gasteiger partial charge in [-0.15, -0.1) is 0 Å². The number of rotatable bonds is 5. The Bertz CT molecular complexity index is 351. The maximum absolute atomic E-state index is 12.3. The minimum absolute atomic E-state index is 0.0390. The molecule has 3 fully saturated rings. The highest BCUT2D eigenvalue weighted by Crippen LogP contribution is 2.53. The number of hydrogen-bond donors (Lipinski definition) is 0. The molecule has 1 atom stereocenters. The van der Waals surface area contributed by atoms with E-state index in [1.165, 1.54) is 25.7 Å². The van der Waals surface area contributed by atoms with Gasteiger partial charge in [0.15, 0.2) is 0 Å². The van der Waals surface area contributed by atoms with Crippen LogP contribution in [-0.2, 0) is 14.3 Å². The zero-order valence-electron chi connectivity index (χ0n) is 13.3. The molecule has 21 heavy (non-hydrogen) atoms. The predicted octanol–water partition coefficient (Wildman–Crippen LogP) is 2.61. The van der Waals surface area contributed by atoms with E-state index in [-0.39, 0.29) is 12.0 Å². The number of hydrogen-bond acceptors (Lipinski definition) is 3. The van der Waals surface area contributed by atoms with Gasteiger partial charge >= 0.3 is 0 Å². The highest BCUT2D eigenvalue weighted by Gasteiger charge is 2.45. The summed E-state index contributed by atoms with van der Waals surface area (Å²) in [5.74, 6) is 0.894. The van der Waals surface area contributed by atoms with E-state index in [9.17, 15) is 4.79 Å². The molecular weight excluding hydrogens is 266 g/mol. The number of ether oxygens (including phenoxy) is 2. The van der Waals surface area contributed by atoms with Gasteiger partial charge < -0.3 is 14.4 Å². The van der Waals surface area contributed by atoms with Crippen LogP contribution in [0, 0.1) is 11.3 Å². The van der Waals surface area contributed by atoms with Gasteiger partial charge in [-0.3, -0.25) is 4.79 Å². The van der Waals surface area contributed by atoms with E-state index < -0.39 is 0 Å². The van der Waals surface area contributed by atoms with Gasteiger partial charge in [0.2, 0.25) is 5.91 Å². The molecule has 1 saturated carbocycles. The van der Waals surface area contributed by atoms with Gasteiger partial charge in [-0.2, -0.15) is 0 Å². The zero-order valence-corrected chi connectivity index (χ0v) is 13.3. The minimum atomic E-state index is 0.0390. The second-order valence-electron chi connectivity index (χ2n) is 7.28. The normalized spacial score (nSPS) is 26.8. The molecule has 4 nitrogen and oxygen atoms in total. The van der Waals surface area contributed by atoms with Crippen LogP contribution in [-0.4, -0.2) is 49.8 Å². The second-order valence-corrected chi connectivity index (χ2v) is 7.28. The van der Waals surface area contributed by atoms with Crippen molar-refractivity contribution in [3.63, 3.8) is 0 Å². The summed E-state index contributed by atoms with van der Waals surface area (Å²) >= 11 is 0. The average Bonchev–Trinajstić information content (AvgIpc) is 3.26. The van der Waals surface area contributed by atoms with E-state index >= 15 is 0 Å². The Hall–Kier alpha value is -0.610. The number of nitrogens with zero attached hydrogens (tertiary/aromatic N) is 1. The summed E-state index contributed by atoms with van der Waals surface area (Å²) in [6, 6.07) is 0. The molecule has 2 saturated heterocycles. The SMILES string of the molecule is CC(CC(=O)N1CCC2(CC1)CC2)OCC1CCOCC1. The van der Waals surface area contributed by atoms with Gasteiger partial charge in [0.25, 0.3) is 0 Å².